The van der Waals surface area contributed by atoms with Crippen molar-refractivity contribution < 1.29 is 13.2 Å². The molecule has 2 aromatic rings. The van der Waals surface area contributed by atoms with Crippen LogP contribution in [-0.4, -0.2) is 37.9 Å². The van der Waals surface area contributed by atoms with Gasteiger partial charge in [-0.05, 0) is 49.4 Å². The van der Waals surface area contributed by atoms with Crippen molar-refractivity contribution in [2.24, 2.45) is 5.10 Å². The van der Waals surface area contributed by atoms with E-state index in [4.69, 9.17) is 0 Å². The first-order chi connectivity index (χ1) is 13.1. The van der Waals surface area contributed by atoms with Crippen LogP contribution in [0.4, 0.5) is 0 Å². The lowest BCUT2D eigenvalue weighted by Crippen LogP contribution is -2.28. The molecule has 7 heteroatoms. The number of benzene rings is 2. The minimum atomic E-state index is -3.54. The van der Waals surface area contributed by atoms with Crippen LogP contribution >= 0.6 is 0 Å². The molecule has 1 aliphatic heterocycles. The topological polar surface area (TPSA) is 78.8 Å². The second kappa shape index (κ2) is 8.92. The Bertz CT molecular complexity index is 905. The summed E-state index contributed by atoms with van der Waals surface area (Å²) in [6.45, 7) is 1.06. The number of nitrogens with zero attached hydrogens (tertiary/aromatic N) is 2. The summed E-state index contributed by atoms with van der Waals surface area (Å²) in [6.07, 6.45) is 4.93. The number of carbonyl (C=O) groups excluding carboxylic acids is 1. The van der Waals surface area contributed by atoms with Gasteiger partial charge in [0.25, 0.3) is 5.91 Å². The molecule has 142 valence electrons. The second-order valence-electron chi connectivity index (χ2n) is 6.42. The molecule has 0 atom stereocenters. The minimum absolute atomic E-state index is 0.144. The molecule has 27 heavy (non-hydrogen) atoms. The average molecular weight is 385 g/mol. The Hall–Kier alpha value is -2.51. The lowest BCUT2D eigenvalue weighted by Gasteiger charge is -2.15. The van der Waals surface area contributed by atoms with Gasteiger partial charge in [0.05, 0.1) is 4.90 Å². The number of aryl methyl sites for hydroxylation is 1. The molecule has 3 rings (SSSR count). The Morgan fingerprint density at radius 2 is 1.81 bits per heavy atom. The molecule has 1 heterocycles. The van der Waals surface area contributed by atoms with Gasteiger partial charge in [-0.2, -0.15) is 9.41 Å². The predicted molar refractivity (Wildman–Crippen MR) is 105 cm³/mol. The largest absolute Gasteiger partial charge is 0.271 e. The van der Waals surface area contributed by atoms with Gasteiger partial charge in [-0.15, -0.1) is 0 Å². The summed E-state index contributed by atoms with van der Waals surface area (Å²) in [5.41, 5.74) is 3.93. The lowest BCUT2D eigenvalue weighted by molar-refractivity contribution is 0.0955. The van der Waals surface area contributed by atoms with E-state index in [1.807, 2.05) is 30.3 Å². The number of rotatable bonds is 7. The number of amides is 1. The van der Waals surface area contributed by atoms with Crippen molar-refractivity contribution in [1.29, 1.82) is 0 Å². The van der Waals surface area contributed by atoms with Crippen LogP contribution in [0.25, 0.3) is 0 Å². The van der Waals surface area contributed by atoms with E-state index in [-0.39, 0.29) is 10.5 Å². The summed E-state index contributed by atoms with van der Waals surface area (Å²) in [5, 5.41) is 3.95. The normalized spacial score (nSPS) is 15.3. The summed E-state index contributed by atoms with van der Waals surface area (Å²) in [7, 11) is -3.54. The Morgan fingerprint density at radius 3 is 2.56 bits per heavy atom. The number of hydrazone groups is 1. The first-order valence-corrected chi connectivity index (χ1v) is 10.5. The maximum atomic E-state index is 12.6. The molecule has 0 spiro atoms. The van der Waals surface area contributed by atoms with Gasteiger partial charge >= 0.3 is 0 Å². The van der Waals surface area contributed by atoms with E-state index in [2.05, 4.69) is 10.5 Å². The Balaban J connectivity index is 1.58. The maximum absolute atomic E-state index is 12.6. The predicted octanol–water partition coefficient (Wildman–Crippen LogP) is 2.82. The van der Waals surface area contributed by atoms with Crippen molar-refractivity contribution in [3.05, 3.63) is 65.7 Å². The fourth-order valence-corrected chi connectivity index (χ4v) is 4.55. The van der Waals surface area contributed by atoms with Crippen molar-refractivity contribution in [3.63, 3.8) is 0 Å². The van der Waals surface area contributed by atoms with E-state index in [9.17, 15) is 13.2 Å². The molecule has 1 fully saturated rings. The van der Waals surface area contributed by atoms with Crippen molar-refractivity contribution in [1.82, 2.24) is 9.73 Å². The first-order valence-electron chi connectivity index (χ1n) is 9.03. The standard InChI is InChI=1S/C20H23N3O3S/c24-20(22-21-13-7-10-17-8-2-1-3-9-17)18-11-6-12-19(16-18)27(25,26)23-14-4-5-15-23/h1-3,6,8-9,11-13,16H,4-5,7,10,14-15H2,(H,22,24)/b21-13-. The molecule has 0 radical (unpaired) electrons. The van der Waals surface area contributed by atoms with Crippen LogP contribution in [0, 0.1) is 0 Å². The van der Waals surface area contributed by atoms with E-state index in [1.165, 1.54) is 22.0 Å². The fraction of sp³-hybridized carbons (Fsp3) is 0.300. The summed E-state index contributed by atoms with van der Waals surface area (Å²) in [6, 6.07) is 16.1. The molecule has 0 saturated carbocycles. The number of hydrogen-bond acceptors (Lipinski definition) is 4. The third kappa shape index (κ3) is 5.02. The van der Waals surface area contributed by atoms with Crippen LogP contribution in [0.5, 0.6) is 0 Å². The third-order valence-corrected chi connectivity index (χ3v) is 6.36. The maximum Gasteiger partial charge on any atom is 0.271 e. The van der Waals surface area contributed by atoms with Gasteiger partial charge in [0.1, 0.15) is 0 Å². The second-order valence-corrected chi connectivity index (χ2v) is 8.35. The van der Waals surface area contributed by atoms with Gasteiger partial charge in [0.2, 0.25) is 10.0 Å². The molecule has 0 aliphatic carbocycles. The summed E-state index contributed by atoms with van der Waals surface area (Å²) in [5.74, 6) is -0.426. The highest BCUT2D eigenvalue weighted by Gasteiger charge is 2.27. The number of nitrogens with one attached hydrogen (secondary N) is 1. The molecule has 0 unspecified atom stereocenters. The highest BCUT2D eigenvalue weighted by atomic mass is 32.2. The fourth-order valence-electron chi connectivity index (χ4n) is 2.98. The van der Waals surface area contributed by atoms with Crippen LogP contribution in [0.15, 0.2) is 64.6 Å². The van der Waals surface area contributed by atoms with Gasteiger partial charge in [-0.25, -0.2) is 13.8 Å². The van der Waals surface area contributed by atoms with E-state index in [0.717, 1.165) is 19.3 Å². The van der Waals surface area contributed by atoms with Crippen molar-refractivity contribution in [2.75, 3.05) is 13.1 Å². The zero-order valence-electron chi connectivity index (χ0n) is 15.0. The molecule has 1 saturated heterocycles. The van der Waals surface area contributed by atoms with E-state index < -0.39 is 15.9 Å². The SMILES string of the molecule is O=C(N/N=C\CCc1ccccc1)c1cccc(S(=O)(=O)N2CCCC2)c1. The van der Waals surface area contributed by atoms with Crippen LogP contribution in [0.1, 0.15) is 35.2 Å². The molecular weight excluding hydrogens is 362 g/mol. The lowest BCUT2D eigenvalue weighted by atomic mass is 10.1. The minimum Gasteiger partial charge on any atom is -0.267 e. The first kappa shape index (κ1) is 19.3. The number of carbonyl (C=O) groups is 1. The van der Waals surface area contributed by atoms with Crippen LogP contribution in [0.3, 0.4) is 0 Å². The summed E-state index contributed by atoms with van der Waals surface area (Å²) >= 11 is 0. The zero-order valence-corrected chi connectivity index (χ0v) is 15.9. The molecule has 2 aromatic carbocycles. The quantitative estimate of drug-likeness (QED) is 0.588. The van der Waals surface area contributed by atoms with Gasteiger partial charge in [-0.3, -0.25) is 4.79 Å². The monoisotopic (exact) mass is 385 g/mol. The molecule has 1 amide bonds. The van der Waals surface area contributed by atoms with E-state index in [0.29, 0.717) is 19.5 Å². The average Bonchev–Trinajstić information content (AvgIpc) is 3.24. The van der Waals surface area contributed by atoms with E-state index in [1.54, 1.807) is 18.3 Å². The summed E-state index contributed by atoms with van der Waals surface area (Å²) < 4.78 is 26.7. The Kier molecular flexibility index (Phi) is 6.36. The van der Waals surface area contributed by atoms with Crippen molar-refractivity contribution >= 4 is 22.1 Å². The Labute approximate surface area is 159 Å². The molecule has 1 N–H and O–H groups in total. The molecule has 0 bridgehead atoms. The zero-order chi connectivity index (χ0) is 19.1. The van der Waals surface area contributed by atoms with Gasteiger partial charge in [0, 0.05) is 24.9 Å². The molecule has 0 aromatic heterocycles. The van der Waals surface area contributed by atoms with Crippen LogP contribution in [0.2, 0.25) is 0 Å². The number of hydrogen-bond donors (Lipinski definition) is 1. The number of sulfonamides is 1. The van der Waals surface area contributed by atoms with Gasteiger partial charge < -0.3 is 0 Å². The summed E-state index contributed by atoms with van der Waals surface area (Å²) in [4.78, 5) is 12.4. The highest BCUT2D eigenvalue weighted by Crippen LogP contribution is 2.21. The molecular formula is C20H23N3O3S. The third-order valence-electron chi connectivity index (χ3n) is 4.46. The van der Waals surface area contributed by atoms with E-state index >= 15 is 0 Å². The molecule has 1 aliphatic rings. The van der Waals surface area contributed by atoms with Gasteiger partial charge in [-0.1, -0.05) is 36.4 Å². The van der Waals surface area contributed by atoms with Crippen molar-refractivity contribution in [2.45, 2.75) is 30.6 Å². The van der Waals surface area contributed by atoms with Gasteiger partial charge in [0.15, 0.2) is 0 Å². The Morgan fingerprint density at radius 1 is 1.07 bits per heavy atom. The van der Waals surface area contributed by atoms with Crippen LogP contribution < -0.4 is 5.43 Å². The molecule has 6 nitrogen and oxygen atoms in total. The van der Waals surface area contributed by atoms with Crippen molar-refractivity contribution in [3.8, 4) is 0 Å². The smallest absolute Gasteiger partial charge is 0.267 e. The highest BCUT2D eigenvalue weighted by molar-refractivity contribution is 7.89. The van der Waals surface area contributed by atoms with Crippen LogP contribution in [-0.2, 0) is 16.4 Å².